The van der Waals surface area contributed by atoms with E-state index < -0.39 is 6.10 Å². The fourth-order valence-electron chi connectivity index (χ4n) is 3.05. The highest BCUT2D eigenvalue weighted by atomic mass is 32.1. The van der Waals surface area contributed by atoms with E-state index in [1.807, 2.05) is 31.3 Å². The van der Waals surface area contributed by atoms with Gasteiger partial charge in [0.1, 0.15) is 10.3 Å². The first-order valence-corrected chi connectivity index (χ1v) is 9.40. The van der Waals surface area contributed by atoms with Crippen LogP contribution in [0.1, 0.15) is 24.3 Å². The van der Waals surface area contributed by atoms with Crippen LogP contribution in [-0.2, 0) is 0 Å². The molecule has 7 heteroatoms. The lowest BCUT2D eigenvalue weighted by Gasteiger charge is -2.07. The molecule has 4 aromatic rings. The van der Waals surface area contributed by atoms with Crippen LogP contribution in [0.15, 0.2) is 36.5 Å². The van der Waals surface area contributed by atoms with Crippen LogP contribution in [-0.4, -0.2) is 32.6 Å². The molecule has 0 spiro atoms. The molecule has 0 bridgehead atoms. The lowest BCUT2D eigenvalue weighted by molar-refractivity contribution is 0.199. The number of aliphatic hydroxyl groups is 1. The molecule has 0 fully saturated rings. The summed E-state index contributed by atoms with van der Waals surface area (Å²) in [7, 11) is 0. The van der Waals surface area contributed by atoms with Crippen LogP contribution in [0.2, 0.25) is 0 Å². The van der Waals surface area contributed by atoms with Crippen LogP contribution < -0.4 is 11.1 Å². The zero-order valence-electron chi connectivity index (χ0n) is 14.7. The molecule has 1 unspecified atom stereocenters. The third kappa shape index (κ3) is 2.84. The molecule has 0 saturated heterocycles. The van der Waals surface area contributed by atoms with Gasteiger partial charge in [0, 0.05) is 29.9 Å². The Morgan fingerprint density at radius 2 is 2.19 bits per heavy atom. The maximum absolute atomic E-state index is 9.86. The minimum atomic E-state index is -0.489. The average molecular weight is 367 g/mol. The molecule has 26 heavy (non-hydrogen) atoms. The van der Waals surface area contributed by atoms with Crippen molar-refractivity contribution < 1.29 is 5.11 Å². The summed E-state index contributed by atoms with van der Waals surface area (Å²) in [5.74, 6) is 0.748. The number of nitrogens with zero attached hydrogens (tertiary/aromatic N) is 3. The lowest BCUT2D eigenvalue weighted by atomic mass is 10.1. The number of hydrogen-bond acceptors (Lipinski definition) is 6. The molecule has 4 rings (SSSR count). The lowest BCUT2D eigenvalue weighted by Crippen LogP contribution is -2.14. The summed E-state index contributed by atoms with van der Waals surface area (Å²) in [6.45, 7) is 5.00. The second-order valence-corrected chi connectivity index (χ2v) is 7.37. The highest BCUT2D eigenvalue weighted by molar-refractivity contribution is 7.21. The van der Waals surface area contributed by atoms with E-state index in [4.69, 9.17) is 10.7 Å². The topological polar surface area (TPSA) is 88.5 Å². The Hall–Kier alpha value is -2.48. The van der Waals surface area contributed by atoms with Crippen LogP contribution in [0.4, 0.5) is 5.82 Å². The highest BCUT2D eigenvalue weighted by Gasteiger charge is 2.15. The summed E-state index contributed by atoms with van der Waals surface area (Å²) in [6.07, 6.45) is 1.37. The molecule has 0 aliphatic heterocycles. The first-order chi connectivity index (χ1) is 12.6. The van der Waals surface area contributed by atoms with Crippen molar-refractivity contribution >= 4 is 33.1 Å². The van der Waals surface area contributed by atoms with Gasteiger partial charge < -0.3 is 16.2 Å². The number of aromatic nitrogens is 3. The Balaban J connectivity index is 1.90. The minimum absolute atomic E-state index is 0.489. The van der Waals surface area contributed by atoms with Crippen LogP contribution in [0, 0.1) is 6.92 Å². The summed E-state index contributed by atoms with van der Waals surface area (Å²) in [4.78, 5) is 11.5. The van der Waals surface area contributed by atoms with Gasteiger partial charge in [0.25, 0.3) is 0 Å². The first-order valence-electron chi connectivity index (χ1n) is 8.58. The number of hydrogen-bond donors (Lipinski definition) is 3. The zero-order chi connectivity index (χ0) is 18.3. The van der Waals surface area contributed by atoms with E-state index in [9.17, 15) is 5.11 Å². The number of thiophene rings is 1. The SMILES string of the molecule is Cc1cnc2c(NCCN)nc3cc(-c4cccc(C(C)O)c4)sc3n12. The molecule has 3 aromatic heterocycles. The van der Waals surface area contributed by atoms with Crippen molar-refractivity contribution in [1.29, 1.82) is 0 Å². The number of nitrogens with one attached hydrogen (secondary N) is 1. The zero-order valence-corrected chi connectivity index (χ0v) is 15.5. The summed E-state index contributed by atoms with van der Waals surface area (Å²) in [6, 6.07) is 10.1. The van der Waals surface area contributed by atoms with Gasteiger partial charge in [-0.2, -0.15) is 0 Å². The number of benzene rings is 1. The van der Waals surface area contributed by atoms with Gasteiger partial charge in [-0.25, -0.2) is 9.97 Å². The maximum atomic E-state index is 9.86. The molecule has 134 valence electrons. The predicted molar refractivity (Wildman–Crippen MR) is 107 cm³/mol. The standard InChI is InChI=1S/C19H21N5OS/c1-11-10-22-18-17(21-7-6-20)23-15-9-16(26-19(15)24(11)18)14-5-3-4-13(8-14)12(2)25/h3-5,8-10,12,25H,6-7,20H2,1-2H3,(H,21,23). The molecule has 1 atom stereocenters. The van der Waals surface area contributed by atoms with Crippen LogP contribution in [0.5, 0.6) is 0 Å². The number of imidazole rings is 1. The quantitative estimate of drug-likeness (QED) is 0.503. The van der Waals surface area contributed by atoms with Gasteiger partial charge in [-0.15, -0.1) is 11.3 Å². The van der Waals surface area contributed by atoms with Crippen LogP contribution >= 0.6 is 11.3 Å². The summed E-state index contributed by atoms with van der Waals surface area (Å²) < 4.78 is 2.13. The average Bonchev–Trinajstić information content (AvgIpc) is 3.23. The Labute approximate surface area is 155 Å². The molecular formula is C19H21N5OS. The third-order valence-corrected chi connectivity index (χ3v) is 5.53. The fraction of sp³-hybridized carbons (Fsp3) is 0.263. The van der Waals surface area contributed by atoms with Crippen molar-refractivity contribution in [3.05, 3.63) is 47.8 Å². The first kappa shape index (κ1) is 17.0. The minimum Gasteiger partial charge on any atom is -0.389 e. The number of nitrogens with two attached hydrogens (primary N) is 1. The number of fused-ring (bicyclic) bond motifs is 3. The van der Waals surface area contributed by atoms with Gasteiger partial charge in [-0.3, -0.25) is 4.40 Å². The molecule has 6 nitrogen and oxygen atoms in total. The van der Waals surface area contributed by atoms with E-state index in [-0.39, 0.29) is 0 Å². The maximum Gasteiger partial charge on any atom is 0.181 e. The summed E-state index contributed by atoms with van der Waals surface area (Å²) in [5.41, 5.74) is 10.4. The molecule has 0 aliphatic carbocycles. The molecule has 0 aliphatic rings. The molecule has 0 radical (unpaired) electrons. The van der Waals surface area contributed by atoms with Gasteiger partial charge in [0.05, 0.1) is 6.10 Å². The Kier molecular flexibility index (Phi) is 4.36. The number of aryl methyl sites for hydroxylation is 1. The molecule has 0 saturated carbocycles. The monoisotopic (exact) mass is 367 g/mol. The van der Waals surface area contributed by atoms with Gasteiger partial charge in [0.2, 0.25) is 0 Å². The van der Waals surface area contributed by atoms with E-state index in [2.05, 4.69) is 26.8 Å². The molecule has 0 amide bonds. The normalized spacial score (nSPS) is 12.8. The largest absolute Gasteiger partial charge is 0.389 e. The predicted octanol–water partition coefficient (Wildman–Crippen LogP) is 3.34. The van der Waals surface area contributed by atoms with E-state index in [0.29, 0.717) is 13.1 Å². The molecular weight excluding hydrogens is 346 g/mol. The number of aliphatic hydroxyl groups excluding tert-OH is 1. The second-order valence-electron chi connectivity index (χ2n) is 6.34. The van der Waals surface area contributed by atoms with Crippen LogP contribution in [0.25, 0.3) is 26.4 Å². The Bertz CT molecular complexity index is 1080. The number of rotatable bonds is 5. The molecule has 1 aromatic carbocycles. The second kappa shape index (κ2) is 6.68. The van der Waals surface area contributed by atoms with E-state index >= 15 is 0 Å². The molecule has 3 heterocycles. The Morgan fingerprint density at radius 1 is 1.35 bits per heavy atom. The summed E-state index contributed by atoms with van der Waals surface area (Å²) >= 11 is 1.68. The van der Waals surface area contributed by atoms with Crippen molar-refractivity contribution in [2.24, 2.45) is 5.73 Å². The van der Waals surface area contributed by atoms with Crippen molar-refractivity contribution in [3.8, 4) is 10.4 Å². The van der Waals surface area contributed by atoms with Crippen LogP contribution in [0.3, 0.4) is 0 Å². The Morgan fingerprint density at radius 3 is 2.96 bits per heavy atom. The van der Waals surface area contributed by atoms with E-state index in [0.717, 1.165) is 43.5 Å². The smallest absolute Gasteiger partial charge is 0.181 e. The van der Waals surface area contributed by atoms with Gasteiger partial charge in [0.15, 0.2) is 11.5 Å². The molecule has 4 N–H and O–H groups in total. The van der Waals surface area contributed by atoms with Gasteiger partial charge in [-0.1, -0.05) is 18.2 Å². The fourth-order valence-corrected chi connectivity index (χ4v) is 4.20. The van der Waals surface area contributed by atoms with Crippen molar-refractivity contribution in [3.63, 3.8) is 0 Å². The highest BCUT2D eigenvalue weighted by Crippen LogP contribution is 2.35. The van der Waals surface area contributed by atoms with Crippen molar-refractivity contribution in [2.45, 2.75) is 20.0 Å². The van der Waals surface area contributed by atoms with Gasteiger partial charge in [-0.05, 0) is 37.1 Å². The third-order valence-electron chi connectivity index (χ3n) is 4.37. The van der Waals surface area contributed by atoms with Crippen molar-refractivity contribution in [2.75, 3.05) is 18.4 Å². The summed E-state index contributed by atoms with van der Waals surface area (Å²) in [5, 5.41) is 13.1. The van der Waals surface area contributed by atoms with E-state index in [1.54, 1.807) is 18.3 Å². The van der Waals surface area contributed by atoms with E-state index in [1.165, 1.54) is 0 Å². The van der Waals surface area contributed by atoms with Gasteiger partial charge >= 0.3 is 0 Å². The number of anilines is 1. The van der Waals surface area contributed by atoms with Crippen molar-refractivity contribution in [1.82, 2.24) is 14.4 Å².